The Morgan fingerprint density at radius 2 is 1.83 bits per heavy atom. The van der Waals surface area contributed by atoms with Gasteiger partial charge in [-0.2, -0.15) is 0 Å². The fourth-order valence-corrected chi connectivity index (χ4v) is 7.54. The zero-order valence-electron chi connectivity index (χ0n) is 16.0. The van der Waals surface area contributed by atoms with Gasteiger partial charge in [0, 0.05) is 5.92 Å². The second-order valence-electron chi connectivity index (χ2n) is 11.0. The van der Waals surface area contributed by atoms with Crippen molar-refractivity contribution in [3.05, 3.63) is 12.2 Å². The van der Waals surface area contributed by atoms with Gasteiger partial charge in [0.1, 0.15) is 0 Å². The summed E-state index contributed by atoms with van der Waals surface area (Å²) in [6.45, 7) is 7.40. The predicted molar refractivity (Wildman–Crippen MR) is 98.7 cm³/mol. The van der Waals surface area contributed by atoms with Crippen molar-refractivity contribution < 1.29 is 4.74 Å². The van der Waals surface area contributed by atoms with Crippen LogP contribution in [0, 0.1) is 40.9 Å². The summed E-state index contributed by atoms with van der Waals surface area (Å²) in [5, 5.41) is 0. The van der Waals surface area contributed by atoms with Crippen LogP contribution in [0.4, 0.5) is 0 Å². The Labute approximate surface area is 148 Å². The molecule has 134 valence electrons. The van der Waals surface area contributed by atoms with Crippen LogP contribution in [0.15, 0.2) is 12.2 Å². The second-order valence-corrected chi connectivity index (χ2v) is 11.0. The van der Waals surface area contributed by atoms with Crippen molar-refractivity contribution in [1.29, 1.82) is 0 Å². The van der Waals surface area contributed by atoms with Crippen molar-refractivity contribution in [2.45, 2.75) is 90.3 Å². The lowest BCUT2D eigenvalue weighted by Crippen LogP contribution is -2.55. The zero-order chi connectivity index (χ0) is 16.5. The van der Waals surface area contributed by atoms with Gasteiger partial charge in [-0.05, 0) is 73.5 Å². The van der Waals surface area contributed by atoms with Gasteiger partial charge in [0.05, 0.1) is 11.7 Å². The minimum absolute atomic E-state index is 0.145. The highest BCUT2D eigenvalue weighted by Gasteiger charge is 2.57. The van der Waals surface area contributed by atoms with Crippen LogP contribution in [0.3, 0.4) is 0 Å². The Bertz CT molecular complexity index is 529. The van der Waals surface area contributed by atoms with Crippen molar-refractivity contribution in [3.8, 4) is 0 Å². The molecule has 4 saturated carbocycles. The molecule has 0 aromatic rings. The lowest BCUT2D eigenvalue weighted by atomic mass is 9.55. The van der Waals surface area contributed by atoms with Gasteiger partial charge in [0.25, 0.3) is 0 Å². The largest absolute Gasteiger partial charge is 0.366 e. The van der Waals surface area contributed by atoms with E-state index in [1.807, 2.05) is 0 Å². The summed E-state index contributed by atoms with van der Waals surface area (Å²) >= 11 is 0. The quantitative estimate of drug-likeness (QED) is 0.496. The number of hydrogen-bond donors (Lipinski definition) is 0. The maximum Gasteiger partial charge on any atom is 0.0897 e. The third kappa shape index (κ3) is 2.29. The molecule has 5 aliphatic rings. The van der Waals surface area contributed by atoms with Crippen molar-refractivity contribution in [2.75, 3.05) is 0 Å². The van der Waals surface area contributed by atoms with Crippen molar-refractivity contribution >= 4 is 0 Å². The number of rotatable bonds is 0. The minimum Gasteiger partial charge on any atom is -0.366 e. The van der Waals surface area contributed by atoms with E-state index in [-0.39, 0.29) is 5.60 Å². The molecule has 8 atom stereocenters. The van der Waals surface area contributed by atoms with E-state index in [0.29, 0.717) is 17.4 Å². The molecule has 1 heteroatoms. The van der Waals surface area contributed by atoms with Crippen molar-refractivity contribution in [1.82, 2.24) is 0 Å². The van der Waals surface area contributed by atoms with Gasteiger partial charge in [-0.15, -0.1) is 0 Å². The maximum absolute atomic E-state index is 7.18. The second kappa shape index (κ2) is 5.35. The van der Waals surface area contributed by atoms with Gasteiger partial charge in [-0.3, -0.25) is 0 Å². The molecule has 1 nitrogen and oxygen atoms in total. The smallest absolute Gasteiger partial charge is 0.0897 e. The van der Waals surface area contributed by atoms with E-state index in [1.165, 1.54) is 57.8 Å². The molecular weight excluding hydrogens is 292 g/mol. The molecule has 2 bridgehead atoms. The standard InChI is InChI=1S/C23H36O/c1-22(2,3)20-13-16-6-4-5-7-18(16)21-19(20)10-11-23(24-21)14-15-8-9-17(23)12-15/h10-11,15-21H,4-9,12-14H2,1-3H3. The van der Waals surface area contributed by atoms with E-state index in [9.17, 15) is 0 Å². The van der Waals surface area contributed by atoms with Crippen molar-refractivity contribution in [3.63, 3.8) is 0 Å². The first-order valence-electron chi connectivity index (χ1n) is 10.8. The summed E-state index contributed by atoms with van der Waals surface area (Å²) in [7, 11) is 0. The van der Waals surface area contributed by atoms with E-state index in [4.69, 9.17) is 4.74 Å². The lowest BCUT2D eigenvalue weighted by molar-refractivity contribution is -0.184. The van der Waals surface area contributed by atoms with Crippen LogP contribution in [0.5, 0.6) is 0 Å². The monoisotopic (exact) mass is 328 g/mol. The molecule has 1 spiro atoms. The fraction of sp³-hybridized carbons (Fsp3) is 0.913. The molecule has 0 saturated heterocycles. The SMILES string of the molecule is CC(C)(C)C1CC2CCCCC2C2OC3(C=CC21)CC1CCC3C1. The Hall–Kier alpha value is -0.300. The van der Waals surface area contributed by atoms with Crippen LogP contribution in [0.1, 0.15) is 78.6 Å². The van der Waals surface area contributed by atoms with Crippen LogP contribution in [-0.4, -0.2) is 11.7 Å². The first-order valence-corrected chi connectivity index (χ1v) is 10.8. The van der Waals surface area contributed by atoms with Gasteiger partial charge in [0.15, 0.2) is 0 Å². The first-order chi connectivity index (χ1) is 11.5. The Balaban J connectivity index is 1.50. The summed E-state index contributed by atoms with van der Waals surface area (Å²) in [6, 6.07) is 0. The molecule has 0 radical (unpaired) electrons. The highest BCUT2D eigenvalue weighted by molar-refractivity contribution is 5.21. The summed E-state index contributed by atoms with van der Waals surface area (Å²) in [5.74, 6) is 5.05. The molecule has 1 aliphatic heterocycles. The Kier molecular flexibility index (Phi) is 3.55. The van der Waals surface area contributed by atoms with Crippen molar-refractivity contribution in [2.24, 2.45) is 40.9 Å². The lowest BCUT2D eigenvalue weighted by Gasteiger charge is -2.56. The molecule has 0 aromatic carbocycles. The van der Waals surface area contributed by atoms with Gasteiger partial charge in [0.2, 0.25) is 0 Å². The molecule has 5 rings (SSSR count). The molecule has 0 aromatic heterocycles. The number of hydrogen-bond acceptors (Lipinski definition) is 1. The highest BCUT2D eigenvalue weighted by Crippen LogP contribution is 2.60. The molecule has 4 fully saturated rings. The highest BCUT2D eigenvalue weighted by atomic mass is 16.5. The maximum atomic E-state index is 7.18. The third-order valence-corrected chi connectivity index (χ3v) is 8.70. The average molecular weight is 329 g/mol. The summed E-state index contributed by atoms with van der Waals surface area (Å²) in [6.07, 6.45) is 18.7. The van der Waals surface area contributed by atoms with Crippen LogP contribution in [0.2, 0.25) is 0 Å². The molecule has 24 heavy (non-hydrogen) atoms. The predicted octanol–water partition coefficient (Wildman–Crippen LogP) is 5.99. The summed E-state index contributed by atoms with van der Waals surface area (Å²) in [4.78, 5) is 0. The van der Waals surface area contributed by atoms with E-state index < -0.39 is 0 Å². The average Bonchev–Trinajstić information content (AvgIpc) is 3.14. The summed E-state index contributed by atoms with van der Waals surface area (Å²) in [5.41, 5.74) is 0.546. The number of fused-ring (bicyclic) bond motifs is 6. The number of ether oxygens (including phenoxy) is 1. The fourth-order valence-electron chi connectivity index (χ4n) is 7.54. The zero-order valence-corrected chi connectivity index (χ0v) is 16.0. The summed E-state index contributed by atoms with van der Waals surface area (Å²) < 4.78 is 7.18. The van der Waals surface area contributed by atoms with Crippen LogP contribution in [0.25, 0.3) is 0 Å². The van der Waals surface area contributed by atoms with E-state index in [0.717, 1.165) is 29.6 Å². The molecule has 4 aliphatic carbocycles. The van der Waals surface area contributed by atoms with Crippen LogP contribution >= 0.6 is 0 Å². The normalized spacial score (nSPS) is 53.2. The van der Waals surface area contributed by atoms with Gasteiger partial charge >= 0.3 is 0 Å². The first kappa shape index (κ1) is 15.9. The van der Waals surface area contributed by atoms with Gasteiger partial charge in [-0.25, -0.2) is 0 Å². The topological polar surface area (TPSA) is 9.23 Å². The molecule has 1 heterocycles. The third-order valence-electron chi connectivity index (χ3n) is 8.70. The van der Waals surface area contributed by atoms with Crippen LogP contribution < -0.4 is 0 Å². The van der Waals surface area contributed by atoms with Crippen LogP contribution in [-0.2, 0) is 4.74 Å². The Morgan fingerprint density at radius 1 is 1.00 bits per heavy atom. The van der Waals surface area contributed by atoms with E-state index in [2.05, 4.69) is 32.9 Å². The molecule has 0 N–H and O–H groups in total. The van der Waals surface area contributed by atoms with Gasteiger partial charge in [-0.1, -0.05) is 52.2 Å². The minimum atomic E-state index is 0.145. The molecular formula is C23H36O. The molecule has 0 amide bonds. The molecule has 8 unspecified atom stereocenters. The van der Waals surface area contributed by atoms with E-state index in [1.54, 1.807) is 0 Å². The Morgan fingerprint density at radius 3 is 2.54 bits per heavy atom. The van der Waals surface area contributed by atoms with Gasteiger partial charge < -0.3 is 4.74 Å². The van der Waals surface area contributed by atoms with E-state index >= 15 is 0 Å².